The summed E-state index contributed by atoms with van der Waals surface area (Å²) in [6, 6.07) is 1.53. The van der Waals surface area contributed by atoms with E-state index in [0.29, 0.717) is 5.56 Å². The van der Waals surface area contributed by atoms with E-state index in [1.807, 2.05) is 0 Å². The number of aromatic nitrogens is 1. The fourth-order valence-corrected chi connectivity index (χ4v) is 1.07. The van der Waals surface area contributed by atoms with Crippen molar-refractivity contribution in [2.45, 2.75) is 6.61 Å². The van der Waals surface area contributed by atoms with Crippen molar-refractivity contribution in [3.63, 3.8) is 0 Å². The van der Waals surface area contributed by atoms with Gasteiger partial charge in [-0.2, -0.15) is 0 Å². The lowest BCUT2D eigenvalue weighted by Crippen LogP contribution is -2.29. The Morgan fingerprint density at radius 2 is 2.45 bits per heavy atom. The summed E-state index contributed by atoms with van der Waals surface area (Å²) in [7, 11) is 0. The Morgan fingerprint density at radius 3 is 3.27 bits per heavy atom. The minimum atomic E-state index is -0.319. The van der Waals surface area contributed by atoms with Gasteiger partial charge in [0.05, 0.1) is 11.1 Å². The van der Waals surface area contributed by atoms with Gasteiger partial charge in [-0.25, -0.2) is 4.79 Å². The zero-order valence-electron chi connectivity index (χ0n) is 5.65. The van der Waals surface area contributed by atoms with Gasteiger partial charge in [0.2, 0.25) is 12.4 Å². The quantitative estimate of drug-likeness (QED) is 0.320. The molecule has 1 aromatic heterocycles. The number of cyclic esters (lactones) is 1. The van der Waals surface area contributed by atoms with Crippen molar-refractivity contribution >= 4 is 5.97 Å². The predicted molar refractivity (Wildman–Crippen MR) is 32.9 cm³/mol. The van der Waals surface area contributed by atoms with Gasteiger partial charge in [0.1, 0.15) is 6.61 Å². The van der Waals surface area contributed by atoms with E-state index in [9.17, 15) is 4.79 Å². The second-order valence-corrected chi connectivity index (χ2v) is 2.34. The summed E-state index contributed by atoms with van der Waals surface area (Å²) in [5, 5.41) is 8.93. The van der Waals surface area contributed by atoms with Crippen molar-refractivity contribution in [2.24, 2.45) is 0 Å². The van der Waals surface area contributed by atoms with Crippen LogP contribution in [0.25, 0.3) is 0 Å². The van der Waals surface area contributed by atoms with Gasteiger partial charge in [0.15, 0.2) is 0 Å². The summed E-state index contributed by atoms with van der Waals surface area (Å²) in [6.07, 6.45) is 2.85. The molecule has 0 bridgehead atoms. The zero-order valence-corrected chi connectivity index (χ0v) is 5.65. The molecule has 0 unspecified atom stereocenters. The number of nitrogens with zero attached hydrogens (tertiary/aromatic N) is 1. The Labute approximate surface area is 62.6 Å². The first kappa shape index (κ1) is 6.15. The van der Waals surface area contributed by atoms with Gasteiger partial charge in [-0.3, -0.25) is 5.21 Å². The van der Waals surface area contributed by atoms with Crippen LogP contribution in [0.15, 0.2) is 18.5 Å². The van der Waals surface area contributed by atoms with Crippen molar-refractivity contribution in [3.05, 3.63) is 29.6 Å². The smallest absolute Gasteiger partial charge is 0.339 e. The zero-order chi connectivity index (χ0) is 7.84. The molecule has 0 amide bonds. The van der Waals surface area contributed by atoms with Crippen LogP contribution in [0.3, 0.4) is 0 Å². The molecule has 56 valence electrons. The molecule has 4 nitrogen and oxygen atoms in total. The van der Waals surface area contributed by atoms with Gasteiger partial charge in [0.25, 0.3) is 0 Å². The average Bonchev–Trinajstić information content (AvgIpc) is 2.32. The number of carbonyl (C=O) groups excluding carboxylic acids is 1. The van der Waals surface area contributed by atoms with E-state index in [1.165, 1.54) is 18.5 Å². The topological polar surface area (TPSA) is 50.4 Å². The number of esters is 1. The molecule has 0 spiro atoms. The average molecular weight is 152 g/mol. The highest BCUT2D eigenvalue weighted by atomic mass is 16.5. The third kappa shape index (κ3) is 0.832. The van der Waals surface area contributed by atoms with Crippen LogP contribution >= 0.6 is 0 Å². The van der Waals surface area contributed by atoms with Crippen LogP contribution in [0.1, 0.15) is 15.9 Å². The van der Waals surface area contributed by atoms with Crippen LogP contribution in [0, 0.1) is 0 Å². The highest BCUT2D eigenvalue weighted by molar-refractivity contribution is 5.92. The molecule has 4 heteroatoms. The van der Waals surface area contributed by atoms with Crippen LogP contribution in [0.2, 0.25) is 0 Å². The maximum atomic E-state index is 10.9. The molecule has 1 N–H and O–H groups in total. The molecule has 0 radical (unpaired) electrons. The molecule has 0 saturated carbocycles. The van der Waals surface area contributed by atoms with Gasteiger partial charge in [-0.05, 0) is 0 Å². The number of pyridine rings is 1. The number of fused-ring (bicyclic) bond motifs is 1. The molecule has 11 heavy (non-hydrogen) atoms. The molecule has 1 aliphatic heterocycles. The van der Waals surface area contributed by atoms with Crippen LogP contribution in [0.4, 0.5) is 0 Å². The minimum Gasteiger partial charge on any atom is -0.457 e. The first-order valence-electron chi connectivity index (χ1n) is 3.18. The van der Waals surface area contributed by atoms with Gasteiger partial charge < -0.3 is 4.74 Å². The maximum Gasteiger partial charge on any atom is 0.339 e. The second-order valence-electron chi connectivity index (χ2n) is 2.34. The normalized spacial score (nSPS) is 14.4. The molecule has 2 heterocycles. The molecule has 0 aromatic carbocycles. The summed E-state index contributed by atoms with van der Waals surface area (Å²) in [4.78, 5) is 10.9. The van der Waals surface area contributed by atoms with E-state index >= 15 is 0 Å². The molecular weight excluding hydrogens is 146 g/mol. The van der Waals surface area contributed by atoms with E-state index < -0.39 is 0 Å². The second kappa shape index (κ2) is 1.95. The molecular formula is C7H6NO3+. The SMILES string of the molecule is O=C1OCc2c[n+](O)ccc21. The first-order valence-corrected chi connectivity index (χ1v) is 3.18. The Kier molecular flexibility index (Phi) is 1.09. The van der Waals surface area contributed by atoms with E-state index in [4.69, 9.17) is 9.94 Å². The van der Waals surface area contributed by atoms with Crippen molar-refractivity contribution in [2.75, 3.05) is 0 Å². The molecule has 0 saturated heterocycles. The number of carbonyl (C=O) groups is 1. The van der Waals surface area contributed by atoms with Crippen molar-refractivity contribution in [1.29, 1.82) is 0 Å². The highest BCUT2D eigenvalue weighted by Gasteiger charge is 2.23. The lowest BCUT2D eigenvalue weighted by molar-refractivity contribution is -0.905. The minimum absolute atomic E-state index is 0.259. The number of rotatable bonds is 0. The van der Waals surface area contributed by atoms with Crippen molar-refractivity contribution in [1.82, 2.24) is 0 Å². The first-order chi connectivity index (χ1) is 5.27. The summed E-state index contributed by atoms with van der Waals surface area (Å²) in [6.45, 7) is 0.259. The van der Waals surface area contributed by atoms with Crippen molar-refractivity contribution < 1.29 is 19.5 Å². The predicted octanol–water partition coefficient (Wildman–Crippen LogP) is -0.118. The van der Waals surface area contributed by atoms with E-state index in [0.717, 1.165) is 10.3 Å². The van der Waals surface area contributed by atoms with E-state index in [2.05, 4.69) is 0 Å². The summed E-state index contributed by atoms with van der Waals surface area (Å²) in [5.74, 6) is -0.319. The van der Waals surface area contributed by atoms with Gasteiger partial charge in [-0.1, -0.05) is 0 Å². The standard InChI is InChI=1S/C7H6NO3/c9-7-6-1-2-8(10)3-5(6)4-11-7/h1-3,10H,4H2/q+1. The third-order valence-electron chi connectivity index (χ3n) is 1.61. The van der Waals surface area contributed by atoms with Gasteiger partial charge >= 0.3 is 5.97 Å². The Hall–Kier alpha value is -1.58. The lowest BCUT2D eigenvalue weighted by Gasteiger charge is -1.86. The van der Waals surface area contributed by atoms with Gasteiger partial charge in [0, 0.05) is 10.8 Å². The lowest BCUT2D eigenvalue weighted by atomic mass is 10.2. The van der Waals surface area contributed by atoms with Crippen molar-refractivity contribution in [3.8, 4) is 0 Å². The molecule has 2 rings (SSSR count). The fourth-order valence-electron chi connectivity index (χ4n) is 1.07. The maximum absolute atomic E-state index is 10.9. The van der Waals surface area contributed by atoms with E-state index in [-0.39, 0.29) is 12.6 Å². The third-order valence-corrected chi connectivity index (χ3v) is 1.61. The fraction of sp³-hybridized carbons (Fsp3) is 0.143. The molecule has 0 aliphatic carbocycles. The number of ether oxygens (including phenoxy) is 1. The van der Waals surface area contributed by atoms with Gasteiger partial charge in [-0.15, -0.1) is 0 Å². The molecule has 0 fully saturated rings. The largest absolute Gasteiger partial charge is 0.457 e. The number of hydrogen-bond acceptors (Lipinski definition) is 3. The molecule has 1 aliphatic rings. The van der Waals surface area contributed by atoms with E-state index in [1.54, 1.807) is 0 Å². The monoisotopic (exact) mass is 152 g/mol. The van der Waals surface area contributed by atoms with Crippen LogP contribution in [-0.4, -0.2) is 11.2 Å². The van der Waals surface area contributed by atoms with Crippen LogP contribution < -0.4 is 4.73 Å². The summed E-state index contributed by atoms with van der Waals surface area (Å²) >= 11 is 0. The Balaban J connectivity index is 2.59. The van der Waals surface area contributed by atoms with Crippen LogP contribution in [-0.2, 0) is 11.3 Å². The van der Waals surface area contributed by atoms with Crippen LogP contribution in [0.5, 0.6) is 0 Å². The number of hydrogen-bond donors (Lipinski definition) is 1. The molecule has 0 atom stereocenters. The summed E-state index contributed by atoms with van der Waals surface area (Å²) in [5.41, 5.74) is 1.26. The summed E-state index contributed by atoms with van der Waals surface area (Å²) < 4.78 is 5.62. The Bertz CT molecular complexity index is 321. The Morgan fingerprint density at radius 1 is 1.64 bits per heavy atom. The molecule has 1 aromatic rings. The highest BCUT2D eigenvalue weighted by Crippen LogP contribution is 2.16.